The standard InChI is InChI=1S/C23H25FN2O2/c1-6-26-21-11-19(24)17(10-18(21)15(3)12-23(26,4)5)13-25-20-8-7-16(22(27)28)9-14(20)2/h7-13H,6H2,1-5H3,(H,27,28). The Hall–Kier alpha value is -2.95. The van der Waals surface area contributed by atoms with Crippen molar-refractivity contribution in [2.75, 3.05) is 11.4 Å². The van der Waals surface area contributed by atoms with Gasteiger partial charge in [-0.15, -0.1) is 0 Å². The van der Waals surface area contributed by atoms with Crippen LogP contribution in [0.3, 0.4) is 0 Å². The monoisotopic (exact) mass is 380 g/mol. The van der Waals surface area contributed by atoms with Gasteiger partial charge in [-0.2, -0.15) is 0 Å². The van der Waals surface area contributed by atoms with E-state index in [2.05, 4.69) is 36.7 Å². The summed E-state index contributed by atoms with van der Waals surface area (Å²) >= 11 is 0. The quantitative estimate of drug-likeness (QED) is 0.702. The SMILES string of the molecule is CCN1c2cc(F)c(C=Nc3ccc(C(=O)O)cc3C)cc2C(C)=CC1(C)C. The molecule has 2 aromatic carbocycles. The lowest BCUT2D eigenvalue weighted by Crippen LogP contribution is -2.45. The summed E-state index contributed by atoms with van der Waals surface area (Å²) in [5, 5.41) is 9.06. The number of aromatic carboxylic acids is 1. The van der Waals surface area contributed by atoms with Gasteiger partial charge in [0.05, 0.1) is 16.8 Å². The summed E-state index contributed by atoms with van der Waals surface area (Å²) in [6.07, 6.45) is 3.70. The minimum atomic E-state index is -0.981. The maximum atomic E-state index is 14.8. The normalized spacial score (nSPS) is 15.5. The molecular weight excluding hydrogens is 355 g/mol. The Balaban J connectivity index is 2.00. The van der Waals surface area contributed by atoms with Crippen molar-refractivity contribution in [1.29, 1.82) is 0 Å². The number of hydrogen-bond donors (Lipinski definition) is 1. The summed E-state index contributed by atoms with van der Waals surface area (Å²) in [5.74, 6) is -1.31. The van der Waals surface area contributed by atoms with Crippen LogP contribution in [0.2, 0.25) is 0 Å². The minimum Gasteiger partial charge on any atom is -0.478 e. The van der Waals surface area contributed by atoms with Crippen molar-refractivity contribution in [2.45, 2.75) is 40.2 Å². The number of anilines is 1. The lowest BCUT2D eigenvalue weighted by molar-refractivity contribution is 0.0697. The number of aliphatic imine (C=N–C) groups is 1. The van der Waals surface area contributed by atoms with Gasteiger partial charge in [0.2, 0.25) is 0 Å². The van der Waals surface area contributed by atoms with Crippen molar-refractivity contribution in [3.8, 4) is 0 Å². The maximum Gasteiger partial charge on any atom is 0.335 e. The summed E-state index contributed by atoms with van der Waals surface area (Å²) < 4.78 is 14.8. The van der Waals surface area contributed by atoms with Gasteiger partial charge in [0.15, 0.2) is 0 Å². The average Bonchev–Trinajstić information content (AvgIpc) is 2.60. The number of hydrogen-bond acceptors (Lipinski definition) is 3. The van der Waals surface area contributed by atoms with Gasteiger partial charge in [-0.25, -0.2) is 9.18 Å². The highest BCUT2D eigenvalue weighted by atomic mass is 19.1. The molecule has 1 aliphatic rings. The highest BCUT2D eigenvalue weighted by molar-refractivity contribution is 5.90. The van der Waals surface area contributed by atoms with Crippen LogP contribution in [0, 0.1) is 12.7 Å². The Kier molecular flexibility index (Phi) is 5.11. The molecule has 3 rings (SSSR count). The van der Waals surface area contributed by atoms with Crippen LogP contribution in [0.15, 0.2) is 41.4 Å². The molecule has 0 aromatic heterocycles. The van der Waals surface area contributed by atoms with Crippen molar-refractivity contribution in [1.82, 2.24) is 0 Å². The molecule has 1 heterocycles. The number of benzene rings is 2. The molecule has 146 valence electrons. The molecule has 1 aliphatic heterocycles. The van der Waals surface area contributed by atoms with Gasteiger partial charge in [-0.3, -0.25) is 4.99 Å². The second-order valence-corrected chi connectivity index (χ2v) is 7.68. The number of carboxylic acid groups (broad SMARTS) is 1. The number of carboxylic acids is 1. The molecular formula is C23H25FN2O2. The molecule has 0 spiro atoms. The van der Waals surface area contributed by atoms with E-state index in [0.29, 0.717) is 11.3 Å². The molecule has 0 unspecified atom stereocenters. The number of rotatable bonds is 4. The summed E-state index contributed by atoms with van der Waals surface area (Å²) in [6, 6.07) is 8.11. The van der Waals surface area contributed by atoms with Crippen LogP contribution < -0.4 is 4.90 Å². The van der Waals surface area contributed by atoms with Crippen LogP contribution in [0.1, 0.15) is 54.7 Å². The summed E-state index contributed by atoms with van der Waals surface area (Å²) in [4.78, 5) is 17.6. The number of aryl methyl sites for hydroxylation is 1. The van der Waals surface area contributed by atoms with Gasteiger partial charge in [0.25, 0.3) is 0 Å². The fourth-order valence-electron chi connectivity index (χ4n) is 3.86. The number of likely N-dealkylation sites (N-methyl/N-ethyl adjacent to an activating group) is 1. The Morgan fingerprint density at radius 3 is 2.57 bits per heavy atom. The predicted molar refractivity (Wildman–Crippen MR) is 113 cm³/mol. The van der Waals surface area contributed by atoms with Crippen molar-refractivity contribution in [2.24, 2.45) is 4.99 Å². The van der Waals surface area contributed by atoms with E-state index in [-0.39, 0.29) is 16.9 Å². The number of carbonyl (C=O) groups is 1. The first kappa shape index (κ1) is 19.8. The van der Waals surface area contributed by atoms with Crippen molar-refractivity contribution < 1.29 is 14.3 Å². The number of fused-ring (bicyclic) bond motifs is 1. The summed E-state index contributed by atoms with van der Waals surface area (Å²) in [7, 11) is 0. The molecule has 0 bridgehead atoms. The second kappa shape index (κ2) is 7.23. The molecule has 0 amide bonds. The summed E-state index contributed by atoms with van der Waals surface area (Å²) in [5.41, 5.74) is 4.79. The molecule has 5 heteroatoms. The third kappa shape index (κ3) is 3.57. The second-order valence-electron chi connectivity index (χ2n) is 7.68. The number of nitrogens with zero attached hydrogens (tertiary/aromatic N) is 2. The fourth-order valence-corrected chi connectivity index (χ4v) is 3.86. The van der Waals surface area contributed by atoms with E-state index in [0.717, 1.165) is 28.9 Å². The van der Waals surface area contributed by atoms with E-state index >= 15 is 0 Å². The van der Waals surface area contributed by atoms with E-state index < -0.39 is 5.97 Å². The first-order valence-electron chi connectivity index (χ1n) is 9.33. The van der Waals surface area contributed by atoms with Crippen molar-refractivity contribution in [3.05, 3.63) is 64.5 Å². The zero-order chi connectivity index (χ0) is 20.6. The average molecular weight is 380 g/mol. The van der Waals surface area contributed by atoms with E-state index in [9.17, 15) is 9.18 Å². The van der Waals surface area contributed by atoms with Crippen LogP contribution in [0.25, 0.3) is 5.57 Å². The maximum absolute atomic E-state index is 14.8. The van der Waals surface area contributed by atoms with E-state index in [4.69, 9.17) is 5.11 Å². The van der Waals surface area contributed by atoms with Gasteiger partial charge in [0.1, 0.15) is 5.82 Å². The Labute approximate surface area is 165 Å². The van der Waals surface area contributed by atoms with Crippen LogP contribution in [-0.4, -0.2) is 29.4 Å². The zero-order valence-corrected chi connectivity index (χ0v) is 16.9. The third-order valence-electron chi connectivity index (χ3n) is 5.20. The fraction of sp³-hybridized carbons (Fsp3) is 0.304. The van der Waals surface area contributed by atoms with Crippen LogP contribution >= 0.6 is 0 Å². The van der Waals surface area contributed by atoms with Gasteiger partial charge in [-0.1, -0.05) is 6.08 Å². The predicted octanol–water partition coefficient (Wildman–Crippen LogP) is 5.60. The van der Waals surface area contributed by atoms with Crippen molar-refractivity contribution >= 4 is 29.1 Å². The summed E-state index contributed by atoms with van der Waals surface area (Å²) in [6.45, 7) is 10.9. The number of halogens is 1. The van der Waals surface area contributed by atoms with Gasteiger partial charge < -0.3 is 10.0 Å². The first-order valence-corrected chi connectivity index (χ1v) is 9.33. The molecule has 4 nitrogen and oxygen atoms in total. The van der Waals surface area contributed by atoms with Crippen molar-refractivity contribution in [3.63, 3.8) is 0 Å². The molecule has 0 saturated heterocycles. The molecule has 0 aliphatic carbocycles. The third-order valence-corrected chi connectivity index (χ3v) is 5.20. The molecule has 0 fully saturated rings. The van der Waals surface area contributed by atoms with E-state index in [1.165, 1.54) is 12.3 Å². The van der Waals surface area contributed by atoms with Gasteiger partial charge >= 0.3 is 5.97 Å². The van der Waals surface area contributed by atoms with Crippen LogP contribution in [-0.2, 0) is 0 Å². The Morgan fingerprint density at radius 1 is 1.25 bits per heavy atom. The molecule has 1 N–H and O–H groups in total. The molecule has 28 heavy (non-hydrogen) atoms. The van der Waals surface area contributed by atoms with E-state index in [1.807, 2.05) is 13.0 Å². The lowest BCUT2D eigenvalue weighted by atomic mass is 9.88. The topological polar surface area (TPSA) is 52.9 Å². The smallest absolute Gasteiger partial charge is 0.335 e. The highest BCUT2D eigenvalue weighted by Crippen LogP contribution is 2.39. The lowest BCUT2D eigenvalue weighted by Gasteiger charge is -2.42. The molecule has 0 saturated carbocycles. The molecule has 0 radical (unpaired) electrons. The minimum absolute atomic E-state index is 0.170. The first-order chi connectivity index (χ1) is 13.1. The van der Waals surface area contributed by atoms with Gasteiger partial charge in [-0.05, 0) is 76.1 Å². The number of allylic oxidation sites excluding steroid dienone is 1. The Morgan fingerprint density at radius 2 is 1.96 bits per heavy atom. The molecule has 2 aromatic rings. The Bertz CT molecular complexity index is 1010. The van der Waals surface area contributed by atoms with Crippen LogP contribution in [0.4, 0.5) is 15.8 Å². The highest BCUT2D eigenvalue weighted by Gasteiger charge is 2.30. The van der Waals surface area contributed by atoms with E-state index in [1.54, 1.807) is 25.1 Å². The zero-order valence-electron chi connectivity index (χ0n) is 16.9. The van der Waals surface area contributed by atoms with Crippen LogP contribution in [0.5, 0.6) is 0 Å². The largest absolute Gasteiger partial charge is 0.478 e. The van der Waals surface area contributed by atoms with Gasteiger partial charge in [0, 0.05) is 29.6 Å². The molecule has 0 atom stereocenters.